The van der Waals surface area contributed by atoms with Crippen LogP contribution in [-0.4, -0.2) is 29.8 Å². The highest BCUT2D eigenvalue weighted by Crippen LogP contribution is 2.28. The van der Waals surface area contributed by atoms with E-state index in [1.54, 1.807) is 43.3 Å². The van der Waals surface area contributed by atoms with Crippen LogP contribution in [0.25, 0.3) is 0 Å². The largest absolute Gasteiger partial charge is 0.497 e. The van der Waals surface area contributed by atoms with E-state index in [0.717, 1.165) is 4.90 Å². The summed E-state index contributed by atoms with van der Waals surface area (Å²) in [5.41, 5.74) is -0.401. The maximum Gasteiger partial charge on any atom is 0.306 e. The Morgan fingerprint density at radius 1 is 1.22 bits per heavy atom. The van der Waals surface area contributed by atoms with E-state index in [1.807, 2.05) is 0 Å². The van der Waals surface area contributed by atoms with Crippen molar-refractivity contribution in [1.29, 1.82) is 0 Å². The van der Waals surface area contributed by atoms with Gasteiger partial charge in [-0.2, -0.15) is 0 Å². The van der Waals surface area contributed by atoms with Crippen molar-refractivity contribution in [3.63, 3.8) is 0 Å². The van der Waals surface area contributed by atoms with Gasteiger partial charge in [0.05, 0.1) is 19.1 Å². The number of carbonyl (C=O) groups excluding carboxylic acids is 1. The molecule has 0 aromatic heterocycles. The van der Waals surface area contributed by atoms with Gasteiger partial charge in [0, 0.05) is 17.1 Å². The molecular formula is C20H22FNO4S. The van der Waals surface area contributed by atoms with E-state index in [0.29, 0.717) is 17.1 Å². The molecule has 0 radical (unpaired) electrons. The highest BCUT2D eigenvalue weighted by molar-refractivity contribution is 7.99. The summed E-state index contributed by atoms with van der Waals surface area (Å²) in [5, 5.41) is 12.1. The number of rotatable bonds is 9. The van der Waals surface area contributed by atoms with E-state index in [4.69, 9.17) is 4.74 Å². The van der Waals surface area contributed by atoms with Crippen LogP contribution in [0.2, 0.25) is 0 Å². The Labute approximate surface area is 161 Å². The number of hydrogen-bond donors (Lipinski definition) is 2. The van der Waals surface area contributed by atoms with Crippen molar-refractivity contribution in [1.82, 2.24) is 5.32 Å². The lowest BCUT2D eigenvalue weighted by Gasteiger charge is -2.30. The second kappa shape index (κ2) is 9.41. The molecule has 0 aliphatic rings. The zero-order chi connectivity index (χ0) is 19.9. The quantitative estimate of drug-likeness (QED) is 0.636. The highest BCUT2D eigenvalue weighted by atomic mass is 32.2. The van der Waals surface area contributed by atoms with Crippen molar-refractivity contribution >= 4 is 23.6 Å². The molecular weight excluding hydrogens is 369 g/mol. The monoisotopic (exact) mass is 391 g/mol. The molecule has 2 aromatic carbocycles. The normalized spacial score (nSPS) is 12.9. The summed E-state index contributed by atoms with van der Waals surface area (Å²) in [5.74, 6) is -0.485. The highest BCUT2D eigenvalue weighted by Gasteiger charge is 2.31. The van der Waals surface area contributed by atoms with Crippen LogP contribution in [0.4, 0.5) is 4.39 Å². The summed E-state index contributed by atoms with van der Waals surface area (Å²) in [4.78, 5) is 24.6. The van der Waals surface area contributed by atoms with E-state index in [9.17, 15) is 19.1 Å². The van der Waals surface area contributed by atoms with Crippen LogP contribution in [-0.2, 0) is 15.1 Å². The molecule has 7 heteroatoms. The van der Waals surface area contributed by atoms with E-state index < -0.39 is 11.5 Å². The number of hydrogen-bond acceptors (Lipinski definition) is 4. The van der Waals surface area contributed by atoms with Gasteiger partial charge in [-0.25, -0.2) is 4.39 Å². The smallest absolute Gasteiger partial charge is 0.306 e. The lowest BCUT2D eigenvalue weighted by molar-refractivity contribution is -0.139. The molecule has 0 fully saturated rings. The van der Waals surface area contributed by atoms with Crippen molar-refractivity contribution in [2.24, 2.45) is 0 Å². The number of methoxy groups -OCH3 is 1. The van der Waals surface area contributed by atoms with Crippen molar-refractivity contribution < 1.29 is 23.8 Å². The van der Waals surface area contributed by atoms with Gasteiger partial charge in [-0.3, -0.25) is 9.59 Å². The maximum absolute atomic E-state index is 12.9. The van der Waals surface area contributed by atoms with Gasteiger partial charge in [-0.1, -0.05) is 12.1 Å². The van der Waals surface area contributed by atoms with Crippen LogP contribution >= 0.6 is 11.8 Å². The zero-order valence-electron chi connectivity index (χ0n) is 15.2. The summed E-state index contributed by atoms with van der Waals surface area (Å²) in [6, 6.07) is 13.0. The molecule has 2 N–H and O–H groups in total. The van der Waals surface area contributed by atoms with Crippen molar-refractivity contribution in [2.45, 2.75) is 30.2 Å². The number of amides is 1. The van der Waals surface area contributed by atoms with Gasteiger partial charge in [0.1, 0.15) is 11.6 Å². The number of halogens is 1. The van der Waals surface area contributed by atoms with E-state index in [-0.39, 0.29) is 24.6 Å². The fraction of sp³-hybridized carbons (Fsp3) is 0.300. The molecule has 27 heavy (non-hydrogen) atoms. The Morgan fingerprint density at radius 2 is 1.93 bits per heavy atom. The summed E-state index contributed by atoms with van der Waals surface area (Å²) in [6.07, 6.45) is -0.0434. The topological polar surface area (TPSA) is 75.6 Å². The lowest BCUT2D eigenvalue weighted by atomic mass is 9.88. The van der Waals surface area contributed by atoms with Crippen molar-refractivity contribution in [3.05, 3.63) is 59.9 Å². The summed E-state index contributed by atoms with van der Waals surface area (Å²) >= 11 is 1.44. The predicted octanol–water partition coefficient (Wildman–Crippen LogP) is 3.82. The van der Waals surface area contributed by atoms with E-state index in [2.05, 4.69) is 5.32 Å². The molecule has 0 saturated carbocycles. The van der Waals surface area contributed by atoms with Crippen LogP contribution in [0.1, 0.15) is 25.3 Å². The van der Waals surface area contributed by atoms with Gasteiger partial charge >= 0.3 is 5.97 Å². The molecule has 144 valence electrons. The van der Waals surface area contributed by atoms with Crippen LogP contribution in [0.5, 0.6) is 5.75 Å². The van der Waals surface area contributed by atoms with Gasteiger partial charge in [-0.05, 0) is 48.9 Å². The fourth-order valence-electron chi connectivity index (χ4n) is 2.65. The molecule has 0 aliphatic carbocycles. The number of benzene rings is 2. The first-order valence-electron chi connectivity index (χ1n) is 8.38. The van der Waals surface area contributed by atoms with Gasteiger partial charge < -0.3 is 15.2 Å². The summed E-state index contributed by atoms with van der Waals surface area (Å²) in [7, 11) is 1.53. The van der Waals surface area contributed by atoms with Gasteiger partial charge in [0.25, 0.3) is 0 Å². The molecule has 1 unspecified atom stereocenters. The lowest BCUT2D eigenvalue weighted by Crippen LogP contribution is -2.45. The third kappa shape index (κ3) is 6.29. The zero-order valence-corrected chi connectivity index (χ0v) is 16.0. The minimum atomic E-state index is -1.06. The number of carboxylic acids is 1. The van der Waals surface area contributed by atoms with Gasteiger partial charge in [0.2, 0.25) is 5.91 Å². The van der Waals surface area contributed by atoms with Crippen LogP contribution in [0, 0.1) is 5.82 Å². The fourth-order valence-corrected chi connectivity index (χ4v) is 3.50. The Hall–Kier alpha value is -2.54. The van der Waals surface area contributed by atoms with Gasteiger partial charge in [-0.15, -0.1) is 11.8 Å². The molecule has 0 bridgehead atoms. The van der Waals surface area contributed by atoms with Crippen LogP contribution in [0.15, 0.2) is 53.4 Å². The predicted molar refractivity (Wildman–Crippen MR) is 102 cm³/mol. The molecule has 1 amide bonds. The number of carbonyl (C=O) groups is 2. The number of aliphatic carboxylic acids is 1. The third-order valence-corrected chi connectivity index (χ3v) is 5.05. The Morgan fingerprint density at radius 3 is 2.56 bits per heavy atom. The molecule has 2 aromatic rings. The minimum Gasteiger partial charge on any atom is -0.497 e. The molecule has 0 spiro atoms. The molecule has 5 nitrogen and oxygen atoms in total. The van der Waals surface area contributed by atoms with Gasteiger partial charge in [0.15, 0.2) is 0 Å². The molecule has 2 rings (SSSR count). The average molecular weight is 391 g/mol. The molecule has 0 heterocycles. The first-order chi connectivity index (χ1) is 12.8. The SMILES string of the molecule is COc1cccc(C(C)(CC(=O)O)NC(=O)CCSc2ccc(F)cc2)c1. The van der Waals surface area contributed by atoms with Crippen molar-refractivity contribution in [2.75, 3.05) is 12.9 Å². The molecule has 0 saturated heterocycles. The summed E-state index contributed by atoms with van der Waals surface area (Å²) < 4.78 is 18.1. The maximum atomic E-state index is 12.9. The number of ether oxygens (including phenoxy) is 1. The first kappa shape index (κ1) is 20.8. The molecule has 1 atom stereocenters. The van der Waals surface area contributed by atoms with E-state index in [1.165, 1.54) is 31.0 Å². The van der Waals surface area contributed by atoms with E-state index >= 15 is 0 Å². The van der Waals surface area contributed by atoms with Crippen LogP contribution in [0.3, 0.4) is 0 Å². The Balaban J connectivity index is 2.02. The Bertz CT molecular complexity index is 797. The minimum absolute atomic E-state index is 0.210. The van der Waals surface area contributed by atoms with Crippen LogP contribution < -0.4 is 10.1 Å². The van der Waals surface area contributed by atoms with Crippen molar-refractivity contribution in [3.8, 4) is 5.75 Å². The second-order valence-corrected chi connectivity index (χ2v) is 7.40. The second-order valence-electron chi connectivity index (χ2n) is 6.24. The number of thioether (sulfide) groups is 1. The molecule has 0 aliphatic heterocycles. The average Bonchev–Trinajstić information content (AvgIpc) is 2.62. The number of nitrogens with one attached hydrogen (secondary N) is 1. The first-order valence-corrected chi connectivity index (χ1v) is 9.37. The standard InChI is InChI=1S/C20H22FNO4S/c1-20(13-19(24)25,14-4-3-5-16(12-14)26-2)22-18(23)10-11-27-17-8-6-15(21)7-9-17/h3-9,12H,10-11,13H2,1-2H3,(H,22,23)(H,24,25). The summed E-state index contributed by atoms with van der Waals surface area (Å²) in [6.45, 7) is 1.68. The third-order valence-electron chi connectivity index (χ3n) is 4.04. The number of carboxylic acid groups (broad SMARTS) is 1. The Kier molecular flexibility index (Phi) is 7.24.